The second-order valence-electron chi connectivity index (χ2n) is 5.46. The maximum Gasteiger partial charge on any atom is 0.337 e. The second-order valence-corrected chi connectivity index (χ2v) is 7.43. The first-order valence-electron chi connectivity index (χ1n) is 6.73. The largest absolute Gasteiger partial charge is 0.479 e. The van der Waals surface area contributed by atoms with Gasteiger partial charge >= 0.3 is 5.97 Å². The van der Waals surface area contributed by atoms with E-state index in [-0.39, 0.29) is 18.7 Å². The maximum absolute atomic E-state index is 12.4. The van der Waals surface area contributed by atoms with E-state index in [1.807, 2.05) is 19.1 Å². The van der Waals surface area contributed by atoms with Crippen molar-refractivity contribution >= 4 is 16.0 Å². The van der Waals surface area contributed by atoms with Crippen molar-refractivity contribution in [3.05, 3.63) is 35.4 Å². The Bertz CT molecular complexity index is 643. The summed E-state index contributed by atoms with van der Waals surface area (Å²) in [6, 6.07) is 7.16. The number of aliphatic hydroxyl groups is 1. The average Bonchev–Trinajstić information content (AvgIpc) is 2.41. The Morgan fingerprint density at radius 2 is 2.05 bits per heavy atom. The molecule has 0 amide bonds. The van der Waals surface area contributed by atoms with Gasteiger partial charge in [-0.25, -0.2) is 13.2 Å². The van der Waals surface area contributed by atoms with Gasteiger partial charge in [-0.05, 0) is 30.9 Å². The first kappa shape index (κ1) is 15.9. The lowest BCUT2D eigenvalue weighted by atomic mass is 9.95. The van der Waals surface area contributed by atoms with Crippen molar-refractivity contribution in [2.45, 2.75) is 31.1 Å². The molecule has 0 aliphatic carbocycles. The first-order chi connectivity index (χ1) is 9.74. The molecule has 1 aliphatic rings. The fourth-order valence-electron chi connectivity index (χ4n) is 2.47. The van der Waals surface area contributed by atoms with Crippen molar-refractivity contribution in [1.29, 1.82) is 0 Å². The van der Waals surface area contributed by atoms with E-state index in [0.29, 0.717) is 12.0 Å². The molecule has 7 heteroatoms. The van der Waals surface area contributed by atoms with E-state index in [1.54, 1.807) is 12.1 Å². The number of carboxylic acids is 1. The van der Waals surface area contributed by atoms with Crippen LogP contribution < -0.4 is 0 Å². The molecule has 2 N–H and O–H groups in total. The van der Waals surface area contributed by atoms with Crippen LogP contribution in [0.15, 0.2) is 24.3 Å². The molecule has 1 aromatic carbocycles. The minimum atomic E-state index is -3.65. The molecule has 1 heterocycles. The summed E-state index contributed by atoms with van der Waals surface area (Å²) in [7, 11) is -3.65. The van der Waals surface area contributed by atoms with Gasteiger partial charge in [-0.1, -0.05) is 24.3 Å². The summed E-state index contributed by atoms with van der Waals surface area (Å²) in [6.45, 7) is 1.68. The highest BCUT2D eigenvalue weighted by Crippen LogP contribution is 2.25. The minimum absolute atomic E-state index is 0.0682. The summed E-state index contributed by atoms with van der Waals surface area (Å²) in [5, 5.41) is 19.0. The molecule has 1 saturated heterocycles. The normalized spacial score (nSPS) is 23.9. The number of sulfonamides is 1. The number of piperidine rings is 1. The second kappa shape index (κ2) is 5.75. The fourth-order valence-corrected chi connectivity index (χ4v) is 4.19. The Labute approximate surface area is 124 Å². The van der Waals surface area contributed by atoms with Crippen LogP contribution in [0, 0.1) is 6.92 Å². The number of hydrogen-bond donors (Lipinski definition) is 2. The average molecular weight is 313 g/mol. The zero-order chi connectivity index (χ0) is 15.7. The molecule has 1 fully saturated rings. The molecule has 0 saturated carbocycles. The predicted octanol–water partition coefficient (Wildman–Crippen LogP) is 0.736. The van der Waals surface area contributed by atoms with Crippen LogP contribution in [0.5, 0.6) is 0 Å². The molecule has 1 atom stereocenters. The van der Waals surface area contributed by atoms with Gasteiger partial charge in [-0.15, -0.1) is 0 Å². The monoisotopic (exact) mass is 313 g/mol. The summed E-state index contributed by atoms with van der Waals surface area (Å²) in [4.78, 5) is 11.1. The van der Waals surface area contributed by atoms with E-state index in [0.717, 1.165) is 9.87 Å². The van der Waals surface area contributed by atoms with E-state index in [2.05, 4.69) is 0 Å². The van der Waals surface area contributed by atoms with E-state index >= 15 is 0 Å². The number of benzene rings is 1. The van der Waals surface area contributed by atoms with Gasteiger partial charge in [0.2, 0.25) is 10.0 Å². The van der Waals surface area contributed by atoms with Crippen LogP contribution in [-0.4, -0.2) is 47.6 Å². The Balaban J connectivity index is 2.20. The van der Waals surface area contributed by atoms with Crippen LogP contribution in [0.3, 0.4) is 0 Å². The highest BCUT2D eigenvalue weighted by molar-refractivity contribution is 7.88. The maximum atomic E-state index is 12.4. The SMILES string of the molecule is Cc1ccccc1CS(=O)(=O)N1CCCC(O)(C(=O)O)C1. The Morgan fingerprint density at radius 3 is 2.67 bits per heavy atom. The van der Waals surface area contributed by atoms with E-state index in [1.165, 1.54) is 0 Å². The number of carbonyl (C=O) groups is 1. The quantitative estimate of drug-likeness (QED) is 0.855. The molecule has 2 rings (SSSR count). The predicted molar refractivity (Wildman–Crippen MR) is 77.2 cm³/mol. The van der Waals surface area contributed by atoms with Crippen LogP contribution in [-0.2, 0) is 20.6 Å². The zero-order valence-corrected chi connectivity index (χ0v) is 12.6. The third-order valence-electron chi connectivity index (χ3n) is 3.83. The van der Waals surface area contributed by atoms with Crippen molar-refractivity contribution in [3.8, 4) is 0 Å². The molecule has 6 nitrogen and oxygen atoms in total. The van der Waals surface area contributed by atoms with E-state index in [9.17, 15) is 18.3 Å². The van der Waals surface area contributed by atoms with E-state index in [4.69, 9.17) is 5.11 Å². The van der Waals surface area contributed by atoms with Crippen LogP contribution in [0.1, 0.15) is 24.0 Å². The van der Waals surface area contributed by atoms with Gasteiger partial charge in [0.05, 0.1) is 12.3 Å². The Hall–Kier alpha value is -1.44. The van der Waals surface area contributed by atoms with Gasteiger partial charge < -0.3 is 10.2 Å². The van der Waals surface area contributed by atoms with Crippen molar-refractivity contribution in [3.63, 3.8) is 0 Å². The van der Waals surface area contributed by atoms with Crippen molar-refractivity contribution in [2.75, 3.05) is 13.1 Å². The van der Waals surface area contributed by atoms with Crippen molar-refractivity contribution in [2.24, 2.45) is 0 Å². The van der Waals surface area contributed by atoms with E-state index < -0.39 is 28.1 Å². The third kappa shape index (κ3) is 3.42. The summed E-state index contributed by atoms with van der Waals surface area (Å²) < 4.78 is 26.0. The van der Waals surface area contributed by atoms with Gasteiger partial charge in [0.15, 0.2) is 5.60 Å². The molecule has 0 bridgehead atoms. The summed E-state index contributed by atoms with van der Waals surface area (Å²) in [5.74, 6) is -1.56. The number of nitrogens with zero attached hydrogens (tertiary/aromatic N) is 1. The van der Waals surface area contributed by atoms with Gasteiger partial charge in [0, 0.05) is 6.54 Å². The minimum Gasteiger partial charge on any atom is -0.479 e. The Kier molecular flexibility index (Phi) is 4.36. The number of aryl methyl sites for hydroxylation is 1. The smallest absolute Gasteiger partial charge is 0.337 e. The number of aliphatic carboxylic acids is 1. The molecule has 1 aliphatic heterocycles. The fraction of sp³-hybridized carbons (Fsp3) is 0.500. The molecule has 0 aromatic heterocycles. The highest BCUT2D eigenvalue weighted by atomic mass is 32.2. The molecule has 21 heavy (non-hydrogen) atoms. The summed E-state index contributed by atoms with van der Waals surface area (Å²) >= 11 is 0. The van der Waals surface area contributed by atoms with Crippen LogP contribution >= 0.6 is 0 Å². The molecule has 1 unspecified atom stereocenters. The Morgan fingerprint density at radius 1 is 1.38 bits per heavy atom. The summed E-state index contributed by atoms with van der Waals surface area (Å²) in [5.41, 5.74) is -0.439. The van der Waals surface area contributed by atoms with Gasteiger partial charge in [0.1, 0.15) is 0 Å². The molecule has 0 spiro atoms. The number of hydrogen-bond acceptors (Lipinski definition) is 4. The summed E-state index contributed by atoms with van der Waals surface area (Å²) in [6.07, 6.45) is 0.397. The topological polar surface area (TPSA) is 94.9 Å². The number of rotatable bonds is 4. The van der Waals surface area contributed by atoms with Gasteiger partial charge in [-0.2, -0.15) is 4.31 Å². The standard InChI is InChI=1S/C14H19NO5S/c1-11-5-2-3-6-12(11)9-21(19,20)15-8-4-7-14(18,10-15)13(16)17/h2-3,5-6,18H,4,7-10H2,1H3,(H,16,17). The molecule has 1 aromatic rings. The van der Waals surface area contributed by atoms with Crippen molar-refractivity contribution in [1.82, 2.24) is 4.31 Å². The lowest BCUT2D eigenvalue weighted by Gasteiger charge is -2.35. The lowest BCUT2D eigenvalue weighted by molar-refractivity contribution is -0.162. The highest BCUT2D eigenvalue weighted by Gasteiger charge is 2.43. The van der Waals surface area contributed by atoms with Crippen LogP contribution in [0.2, 0.25) is 0 Å². The molecular formula is C14H19NO5S. The lowest BCUT2D eigenvalue weighted by Crippen LogP contribution is -2.54. The van der Waals surface area contributed by atoms with Crippen LogP contribution in [0.4, 0.5) is 0 Å². The number of β-amino-alcohol motifs (C(OH)–C–C–N with tert-alkyl or cyclic N) is 1. The molecule has 116 valence electrons. The third-order valence-corrected chi connectivity index (χ3v) is 5.60. The van der Waals surface area contributed by atoms with Crippen LogP contribution in [0.25, 0.3) is 0 Å². The molecule has 0 radical (unpaired) electrons. The van der Waals surface area contributed by atoms with Crippen molar-refractivity contribution < 1.29 is 23.4 Å². The van der Waals surface area contributed by atoms with Gasteiger partial charge in [0.25, 0.3) is 0 Å². The van der Waals surface area contributed by atoms with Gasteiger partial charge in [-0.3, -0.25) is 0 Å². The number of carboxylic acid groups (broad SMARTS) is 1. The first-order valence-corrected chi connectivity index (χ1v) is 8.34. The molecular weight excluding hydrogens is 294 g/mol. The zero-order valence-electron chi connectivity index (χ0n) is 11.8.